The van der Waals surface area contributed by atoms with Crippen LogP contribution in [0.3, 0.4) is 0 Å². The first-order chi connectivity index (χ1) is 18.0. The maximum Gasteiger partial charge on any atom is 0.338 e. The Morgan fingerprint density at radius 3 is 2.54 bits per heavy atom. The summed E-state index contributed by atoms with van der Waals surface area (Å²) >= 11 is 4.74. The van der Waals surface area contributed by atoms with Gasteiger partial charge in [0.05, 0.1) is 35.6 Å². The first-order valence-corrected chi connectivity index (χ1v) is 13.3. The Morgan fingerprint density at radius 2 is 1.84 bits per heavy atom. The van der Waals surface area contributed by atoms with Gasteiger partial charge in [0.1, 0.15) is 5.75 Å². The fraction of sp³-hybridized carbons (Fsp3) is 0.138. The molecule has 186 valence electrons. The third-order valence-corrected chi connectivity index (χ3v) is 7.46. The molecule has 2 heterocycles. The number of esters is 1. The lowest BCUT2D eigenvalue weighted by Crippen LogP contribution is -2.40. The van der Waals surface area contributed by atoms with Crippen LogP contribution in [0.15, 0.2) is 98.7 Å². The van der Waals surface area contributed by atoms with Crippen LogP contribution in [-0.4, -0.2) is 24.3 Å². The second-order valence-corrected chi connectivity index (χ2v) is 10.2. The van der Waals surface area contributed by atoms with E-state index in [1.54, 1.807) is 18.6 Å². The summed E-state index contributed by atoms with van der Waals surface area (Å²) in [6.45, 7) is 1.96. The molecule has 0 saturated heterocycles. The SMILES string of the molecule is CCOC(=O)C1=C(c2ccccc2)N=c2s/c(=C\c3ccc(Br)cc3)c(=O)n2C1c1cccc(OC)c1. The molecule has 0 aliphatic carbocycles. The van der Waals surface area contributed by atoms with Gasteiger partial charge in [0.2, 0.25) is 0 Å². The summed E-state index contributed by atoms with van der Waals surface area (Å²) in [6.07, 6.45) is 1.84. The van der Waals surface area contributed by atoms with Gasteiger partial charge in [0.15, 0.2) is 4.80 Å². The number of aromatic nitrogens is 1. The van der Waals surface area contributed by atoms with Gasteiger partial charge in [-0.15, -0.1) is 0 Å². The number of hydrogen-bond acceptors (Lipinski definition) is 6. The van der Waals surface area contributed by atoms with Crippen molar-refractivity contribution in [1.82, 2.24) is 4.57 Å². The van der Waals surface area contributed by atoms with Gasteiger partial charge in [0.25, 0.3) is 5.56 Å². The number of benzene rings is 3. The molecule has 1 aromatic heterocycles. The molecule has 8 heteroatoms. The minimum absolute atomic E-state index is 0.198. The third-order valence-electron chi connectivity index (χ3n) is 5.95. The summed E-state index contributed by atoms with van der Waals surface area (Å²) in [4.78, 5) is 32.7. The molecular formula is C29H23BrN2O4S. The zero-order chi connectivity index (χ0) is 25.9. The fourth-order valence-corrected chi connectivity index (χ4v) is 5.54. The van der Waals surface area contributed by atoms with E-state index >= 15 is 0 Å². The number of hydrogen-bond donors (Lipinski definition) is 0. The van der Waals surface area contributed by atoms with E-state index < -0.39 is 12.0 Å². The van der Waals surface area contributed by atoms with Crippen LogP contribution < -0.4 is 19.6 Å². The second kappa shape index (κ2) is 10.7. The number of fused-ring (bicyclic) bond motifs is 1. The Kier molecular flexibility index (Phi) is 7.21. The summed E-state index contributed by atoms with van der Waals surface area (Å²) in [7, 11) is 1.58. The molecule has 6 nitrogen and oxygen atoms in total. The van der Waals surface area contributed by atoms with Gasteiger partial charge in [-0.2, -0.15) is 0 Å². The van der Waals surface area contributed by atoms with E-state index in [2.05, 4.69) is 15.9 Å². The van der Waals surface area contributed by atoms with Gasteiger partial charge in [-0.05, 0) is 48.4 Å². The van der Waals surface area contributed by atoms with Crippen LogP contribution in [0.2, 0.25) is 0 Å². The summed E-state index contributed by atoms with van der Waals surface area (Å²) in [6, 6.07) is 23.8. The standard InChI is InChI=1S/C29H23BrN2O4S/c1-3-36-28(34)24-25(19-8-5-4-6-9-19)31-29-32(26(24)20-10-7-11-22(17-20)35-2)27(33)23(37-29)16-18-12-14-21(30)15-13-18/h4-17,26H,3H2,1-2H3/b23-16-. The Balaban J connectivity index is 1.83. The number of carbonyl (C=O) groups is 1. The van der Waals surface area contributed by atoms with Crippen molar-refractivity contribution in [2.24, 2.45) is 4.99 Å². The van der Waals surface area contributed by atoms with Crippen LogP contribution in [0.1, 0.15) is 29.7 Å². The van der Waals surface area contributed by atoms with Gasteiger partial charge >= 0.3 is 5.97 Å². The van der Waals surface area contributed by atoms with Gasteiger partial charge < -0.3 is 9.47 Å². The van der Waals surface area contributed by atoms with E-state index in [4.69, 9.17) is 14.5 Å². The Bertz CT molecular complexity index is 1670. The number of rotatable bonds is 6. The molecular weight excluding hydrogens is 552 g/mol. The molecule has 4 aromatic rings. The highest BCUT2D eigenvalue weighted by atomic mass is 79.9. The first kappa shape index (κ1) is 24.9. The molecule has 37 heavy (non-hydrogen) atoms. The number of carbonyl (C=O) groups excluding carboxylic acids is 1. The summed E-state index contributed by atoms with van der Waals surface area (Å²) in [5, 5.41) is 0. The second-order valence-electron chi connectivity index (χ2n) is 8.26. The number of methoxy groups -OCH3 is 1. The molecule has 1 aliphatic rings. The minimum atomic E-state index is -0.743. The fourth-order valence-electron chi connectivity index (χ4n) is 4.28. The van der Waals surface area contributed by atoms with Crippen molar-refractivity contribution >= 4 is 45.0 Å². The minimum Gasteiger partial charge on any atom is -0.497 e. The summed E-state index contributed by atoms with van der Waals surface area (Å²) in [5.41, 5.74) is 2.95. The summed E-state index contributed by atoms with van der Waals surface area (Å²) in [5.74, 6) is 0.107. The molecule has 0 N–H and O–H groups in total. The monoisotopic (exact) mass is 574 g/mol. The van der Waals surface area contributed by atoms with Gasteiger partial charge in [-0.3, -0.25) is 9.36 Å². The van der Waals surface area contributed by atoms with Gasteiger partial charge in [-0.25, -0.2) is 9.79 Å². The molecule has 1 atom stereocenters. The molecule has 0 radical (unpaired) electrons. The zero-order valence-corrected chi connectivity index (χ0v) is 22.6. The average Bonchev–Trinajstić information content (AvgIpc) is 3.24. The highest BCUT2D eigenvalue weighted by Gasteiger charge is 2.35. The number of thiazole rings is 1. The maximum atomic E-state index is 13.9. The highest BCUT2D eigenvalue weighted by molar-refractivity contribution is 9.10. The molecule has 0 saturated carbocycles. The van der Waals surface area contributed by atoms with Crippen molar-refractivity contribution in [2.75, 3.05) is 13.7 Å². The largest absolute Gasteiger partial charge is 0.497 e. The quantitative estimate of drug-likeness (QED) is 0.313. The van der Waals surface area contributed by atoms with Crippen molar-refractivity contribution in [2.45, 2.75) is 13.0 Å². The Morgan fingerprint density at radius 1 is 1.08 bits per heavy atom. The molecule has 1 unspecified atom stereocenters. The molecule has 0 spiro atoms. The predicted octanol–water partition coefficient (Wildman–Crippen LogP) is 4.71. The molecule has 0 amide bonds. The third kappa shape index (κ3) is 4.95. The number of ether oxygens (including phenoxy) is 2. The lowest BCUT2D eigenvalue weighted by atomic mass is 9.93. The lowest BCUT2D eigenvalue weighted by Gasteiger charge is -2.26. The first-order valence-electron chi connectivity index (χ1n) is 11.7. The van der Waals surface area contributed by atoms with Crippen molar-refractivity contribution < 1.29 is 14.3 Å². The van der Waals surface area contributed by atoms with Crippen molar-refractivity contribution in [1.29, 1.82) is 0 Å². The number of nitrogens with zero attached hydrogens (tertiary/aromatic N) is 2. The summed E-state index contributed by atoms with van der Waals surface area (Å²) < 4.78 is 14.0. The predicted molar refractivity (Wildman–Crippen MR) is 148 cm³/mol. The molecule has 5 rings (SSSR count). The van der Waals surface area contributed by atoms with Crippen LogP contribution >= 0.6 is 27.3 Å². The van der Waals surface area contributed by atoms with E-state index in [0.717, 1.165) is 21.2 Å². The van der Waals surface area contributed by atoms with E-state index in [1.807, 2.05) is 84.9 Å². The lowest BCUT2D eigenvalue weighted by molar-refractivity contribution is -0.138. The average molecular weight is 575 g/mol. The molecule has 1 aliphatic heterocycles. The van der Waals surface area contributed by atoms with E-state index in [9.17, 15) is 9.59 Å². The van der Waals surface area contributed by atoms with Gasteiger partial charge in [0, 0.05) is 10.0 Å². The smallest absolute Gasteiger partial charge is 0.338 e. The van der Waals surface area contributed by atoms with E-state index in [-0.39, 0.29) is 12.2 Å². The van der Waals surface area contributed by atoms with Crippen molar-refractivity contribution in [3.05, 3.63) is 125 Å². The van der Waals surface area contributed by atoms with Crippen LogP contribution in [-0.2, 0) is 9.53 Å². The Labute approximate surface area is 226 Å². The van der Waals surface area contributed by atoms with Gasteiger partial charge in [-0.1, -0.05) is 81.9 Å². The molecule has 0 fully saturated rings. The topological polar surface area (TPSA) is 69.9 Å². The highest BCUT2D eigenvalue weighted by Crippen LogP contribution is 2.36. The van der Waals surface area contributed by atoms with Crippen molar-refractivity contribution in [3.8, 4) is 5.75 Å². The van der Waals surface area contributed by atoms with Crippen molar-refractivity contribution in [3.63, 3.8) is 0 Å². The maximum absolute atomic E-state index is 13.9. The van der Waals surface area contributed by atoms with Crippen LogP contribution in [0.4, 0.5) is 0 Å². The van der Waals surface area contributed by atoms with Crippen LogP contribution in [0.25, 0.3) is 11.8 Å². The molecule has 0 bridgehead atoms. The zero-order valence-electron chi connectivity index (χ0n) is 20.2. The van der Waals surface area contributed by atoms with Crippen LogP contribution in [0.5, 0.6) is 5.75 Å². The normalized spacial score (nSPS) is 15.2. The van der Waals surface area contributed by atoms with Crippen LogP contribution in [0, 0.1) is 0 Å². The number of halogens is 1. The molecule has 3 aromatic carbocycles. The van der Waals surface area contributed by atoms with E-state index in [1.165, 1.54) is 11.3 Å². The van der Waals surface area contributed by atoms with E-state index in [0.29, 0.717) is 26.4 Å². The Hall–Kier alpha value is -3.75.